The van der Waals surface area contributed by atoms with Gasteiger partial charge in [0.05, 0.1) is 34.3 Å². The van der Waals surface area contributed by atoms with E-state index in [1.54, 1.807) is 60.7 Å². The summed E-state index contributed by atoms with van der Waals surface area (Å²) >= 11 is 6.86. The summed E-state index contributed by atoms with van der Waals surface area (Å²) in [5.41, 5.74) is 3.94. The normalized spacial score (nSPS) is 22.0. The van der Waals surface area contributed by atoms with Crippen molar-refractivity contribution in [3.63, 3.8) is 0 Å². The number of aromatic nitrogens is 1. The van der Waals surface area contributed by atoms with Gasteiger partial charge in [-0.3, -0.25) is 19.3 Å². The highest BCUT2D eigenvalue weighted by Crippen LogP contribution is 2.53. The van der Waals surface area contributed by atoms with E-state index in [2.05, 4.69) is 44.0 Å². The zero-order valence-electron chi connectivity index (χ0n) is 22.9. The smallest absolute Gasteiger partial charge is 0.339 e. The molecule has 2 aliphatic carbocycles. The Labute approximate surface area is 264 Å². The zero-order valence-corrected chi connectivity index (χ0v) is 26.1. The maximum atomic E-state index is 13.4. The lowest BCUT2D eigenvalue weighted by molar-refractivity contribution is -0.123. The SMILES string of the molecule is Cc1cc(Br)cc2c(C(=O)OCC(=O)c3ccc(Br)cc3)cc(-c3ccc(N4C(=O)C5C6C=CC(C6)C5C4=O)cc3)nc12. The van der Waals surface area contributed by atoms with Gasteiger partial charge in [0.25, 0.3) is 0 Å². The lowest BCUT2D eigenvalue weighted by Crippen LogP contribution is -2.32. The number of imide groups is 1. The number of Topliss-reactive ketones (excluding diaryl/α,β-unsaturated/α-hetero) is 1. The van der Waals surface area contributed by atoms with Crippen LogP contribution in [0.15, 0.2) is 87.8 Å². The molecule has 4 unspecified atom stereocenters. The van der Waals surface area contributed by atoms with Crippen molar-refractivity contribution >= 4 is 72.0 Å². The molecule has 1 aliphatic heterocycles. The number of benzene rings is 3. The number of carbonyl (C=O) groups excluding carboxylic acids is 4. The number of esters is 1. The molecular formula is C34H24Br2N2O5. The van der Waals surface area contributed by atoms with Crippen LogP contribution in [0.1, 0.15) is 32.7 Å². The molecule has 2 amide bonds. The van der Waals surface area contributed by atoms with Crippen LogP contribution in [0.5, 0.6) is 0 Å². The van der Waals surface area contributed by atoms with Gasteiger partial charge in [-0.2, -0.15) is 0 Å². The van der Waals surface area contributed by atoms with Gasteiger partial charge in [-0.25, -0.2) is 9.78 Å². The number of aryl methyl sites for hydroxylation is 1. The number of hydrogen-bond donors (Lipinski definition) is 0. The quantitative estimate of drug-likeness (QED) is 0.0924. The molecular weight excluding hydrogens is 676 g/mol. The van der Waals surface area contributed by atoms with Crippen LogP contribution in [0, 0.1) is 30.6 Å². The number of fused-ring (bicyclic) bond motifs is 6. The van der Waals surface area contributed by atoms with Crippen LogP contribution >= 0.6 is 31.9 Å². The van der Waals surface area contributed by atoms with Gasteiger partial charge in [-0.15, -0.1) is 0 Å². The third kappa shape index (κ3) is 4.75. The van der Waals surface area contributed by atoms with E-state index in [-0.39, 0.29) is 46.8 Å². The minimum atomic E-state index is -0.642. The van der Waals surface area contributed by atoms with Crippen molar-refractivity contribution in [2.75, 3.05) is 11.5 Å². The fourth-order valence-corrected chi connectivity index (χ4v) is 7.48. The fraction of sp³-hybridized carbons (Fsp3) is 0.206. The molecule has 2 bridgehead atoms. The molecule has 9 heteroatoms. The highest BCUT2D eigenvalue weighted by molar-refractivity contribution is 9.10. The zero-order chi connectivity index (χ0) is 30.0. The molecule has 0 spiro atoms. The Morgan fingerprint density at radius 3 is 2.19 bits per heavy atom. The molecule has 1 saturated carbocycles. The van der Waals surface area contributed by atoms with Crippen molar-refractivity contribution < 1.29 is 23.9 Å². The first-order valence-corrected chi connectivity index (χ1v) is 15.5. The van der Waals surface area contributed by atoms with Crippen molar-refractivity contribution in [3.8, 4) is 11.3 Å². The molecule has 4 aromatic rings. The van der Waals surface area contributed by atoms with Crippen LogP contribution in [-0.4, -0.2) is 35.2 Å². The highest BCUT2D eigenvalue weighted by Gasteiger charge is 2.59. The summed E-state index contributed by atoms with van der Waals surface area (Å²) in [5.74, 6) is -1.47. The van der Waals surface area contributed by atoms with Crippen LogP contribution in [0.2, 0.25) is 0 Å². The highest BCUT2D eigenvalue weighted by atomic mass is 79.9. The summed E-state index contributed by atoms with van der Waals surface area (Å²) in [7, 11) is 0. The van der Waals surface area contributed by atoms with Gasteiger partial charge in [0, 0.05) is 25.5 Å². The molecule has 3 aromatic carbocycles. The number of rotatable bonds is 6. The number of ether oxygens (including phenoxy) is 1. The molecule has 2 heterocycles. The first kappa shape index (κ1) is 27.9. The van der Waals surface area contributed by atoms with Crippen LogP contribution in [0.4, 0.5) is 5.69 Å². The van der Waals surface area contributed by atoms with Gasteiger partial charge in [0.2, 0.25) is 11.8 Å². The topological polar surface area (TPSA) is 93.6 Å². The second kappa shape index (κ2) is 10.6. The molecule has 7 rings (SSSR count). The maximum absolute atomic E-state index is 13.4. The van der Waals surface area contributed by atoms with Crippen LogP contribution in [0.25, 0.3) is 22.2 Å². The number of carbonyl (C=O) groups is 4. The number of nitrogens with zero attached hydrogens (tertiary/aromatic N) is 2. The molecule has 1 saturated heterocycles. The number of allylic oxidation sites excluding steroid dienone is 2. The number of amides is 2. The Kier molecular flexibility index (Phi) is 6.90. The number of pyridine rings is 1. The molecule has 3 aliphatic rings. The van der Waals surface area contributed by atoms with Gasteiger partial charge in [-0.05, 0) is 73.2 Å². The lowest BCUT2D eigenvalue weighted by atomic mass is 9.85. The average molecular weight is 700 g/mol. The summed E-state index contributed by atoms with van der Waals surface area (Å²) in [6, 6.07) is 19.3. The summed E-state index contributed by atoms with van der Waals surface area (Å²) in [6.07, 6.45) is 5.04. The number of ketones is 1. The van der Waals surface area contributed by atoms with Gasteiger partial charge in [-0.1, -0.05) is 68.3 Å². The molecule has 0 radical (unpaired) electrons. The Morgan fingerprint density at radius 2 is 1.53 bits per heavy atom. The van der Waals surface area contributed by atoms with Gasteiger partial charge in [0.15, 0.2) is 12.4 Å². The Hall–Kier alpha value is -3.95. The second-order valence-electron chi connectivity index (χ2n) is 11.2. The van der Waals surface area contributed by atoms with E-state index >= 15 is 0 Å². The Bertz CT molecular complexity index is 1850. The van der Waals surface area contributed by atoms with Crippen molar-refractivity contribution in [3.05, 3.63) is 105 Å². The first-order valence-electron chi connectivity index (χ1n) is 13.9. The lowest BCUT2D eigenvalue weighted by Gasteiger charge is -2.18. The standard InChI is InChI=1S/C34H24Br2N2O5/c1-17-12-23(36)14-25-26(34(42)43-16-28(39)19-4-8-22(35)9-5-19)15-27(37-31(17)25)18-6-10-24(11-7-18)38-32(40)29-20-2-3-21(13-20)30(29)33(38)41/h2-12,14-15,20-21,29-30H,13,16H2,1H3. The van der Waals surface area contributed by atoms with Crippen LogP contribution in [-0.2, 0) is 14.3 Å². The molecule has 1 aromatic heterocycles. The largest absolute Gasteiger partial charge is 0.454 e. The maximum Gasteiger partial charge on any atom is 0.339 e. The predicted octanol–water partition coefficient (Wildman–Crippen LogP) is 7.09. The van der Waals surface area contributed by atoms with E-state index in [0.29, 0.717) is 33.4 Å². The number of anilines is 1. The Balaban J connectivity index is 1.19. The molecule has 214 valence electrons. The van der Waals surface area contributed by atoms with E-state index in [4.69, 9.17) is 9.72 Å². The third-order valence-electron chi connectivity index (χ3n) is 8.68. The molecule has 43 heavy (non-hydrogen) atoms. The second-order valence-corrected chi connectivity index (χ2v) is 13.1. The van der Waals surface area contributed by atoms with E-state index < -0.39 is 12.6 Å². The van der Waals surface area contributed by atoms with Crippen LogP contribution < -0.4 is 4.90 Å². The molecule has 2 fully saturated rings. The van der Waals surface area contributed by atoms with Crippen LogP contribution in [0.3, 0.4) is 0 Å². The van der Waals surface area contributed by atoms with E-state index in [0.717, 1.165) is 20.9 Å². The van der Waals surface area contributed by atoms with Crippen molar-refractivity contribution in [1.29, 1.82) is 0 Å². The van der Waals surface area contributed by atoms with Gasteiger partial charge < -0.3 is 4.74 Å². The van der Waals surface area contributed by atoms with E-state index in [1.165, 1.54) is 4.90 Å². The minimum Gasteiger partial charge on any atom is -0.454 e. The summed E-state index contributed by atoms with van der Waals surface area (Å²) < 4.78 is 7.12. The monoisotopic (exact) mass is 698 g/mol. The first-order chi connectivity index (χ1) is 20.7. The van der Waals surface area contributed by atoms with Crippen molar-refractivity contribution in [1.82, 2.24) is 4.98 Å². The van der Waals surface area contributed by atoms with Gasteiger partial charge in [0.1, 0.15) is 0 Å². The predicted molar refractivity (Wildman–Crippen MR) is 169 cm³/mol. The fourth-order valence-electron chi connectivity index (χ4n) is 6.64. The average Bonchev–Trinajstić information content (AvgIpc) is 3.69. The summed E-state index contributed by atoms with van der Waals surface area (Å²) in [5, 5.41) is 0.594. The minimum absolute atomic E-state index is 0.132. The van der Waals surface area contributed by atoms with Gasteiger partial charge >= 0.3 is 5.97 Å². The van der Waals surface area contributed by atoms with Crippen molar-refractivity contribution in [2.24, 2.45) is 23.7 Å². The number of hydrogen-bond acceptors (Lipinski definition) is 6. The molecule has 0 N–H and O–H groups in total. The van der Waals surface area contributed by atoms with E-state index in [9.17, 15) is 19.2 Å². The number of halogens is 2. The Morgan fingerprint density at radius 1 is 0.884 bits per heavy atom. The summed E-state index contributed by atoms with van der Waals surface area (Å²) in [4.78, 5) is 58.8. The molecule has 4 atom stereocenters. The molecule has 7 nitrogen and oxygen atoms in total. The van der Waals surface area contributed by atoms with E-state index in [1.807, 2.05) is 13.0 Å². The third-order valence-corrected chi connectivity index (χ3v) is 9.67. The summed E-state index contributed by atoms with van der Waals surface area (Å²) in [6.45, 7) is 1.50. The van der Waals surface area contributed by atoms with Crippen molar-refractivity contribution in [2.45, 2.75) is 13.3 Å².